The molecule has 6 heteroatoms. The summed E-state index contributed by atoms with van der Waals surface area (Å²) in [6.45, 7) is 7.91. The molecule has 0 aromatic heterocycles. The molecule has 0 bridgehead atoms. The fraction of sp³-hybridized carbons (Fsp3) is 0.526. The molecule has 25 heavy (non-hydrogen) atoms. The fourth-order valence-electron chi connectivity index (χ4n) is 3.45. The highest BCUT2D eigenvalue weighted by Crippen LogP contribution is 2.25. The maximum atomic E-state index is 12.9. The normalized spacial score (nSPS) is 23.2. The molecule has 1 N–H and O–H groups in total. The van der Waals surface area contributed by atoms with Gasteiger partial charge in [-0.1, -0.05) is 13.3 Å². The second-order valence-corrected chi connectivity index (χ2v) is 6.86. The van der Waals surface area contributed by atoms with Gasteiger partial charge in [-0.15, -0.1) is 0 Å². The van der Waals surface area contributed by atoms with Crippen molar-refractivity contribution in [3.8, 4) is 0 Å². The highest BCUT2D eigenvalue weighted by Gasteiger charge is 2.36. The van der Waals surface area contributed by atoms with Gasteiger partial charge < -0.3 is 10.2 Å². The third-order valence-electron chi connectivity index (χ3n) is 5.25. The zero-order valence-electron chi connectivity index (χ0n) is 15.0. The first-order valence-electron chi connectivity index (χ1n) is 9.00. The van der Waals surface area contributed by atoms with Crippen LogP contribution in [0.2, 0.25) is 0 Å². The minimum Gasteiger partial charge on any atom is -0.333 e. The van der Waals surface area contributed by atoms with Crippen molar-refractivity contribution < 1.29 is 14.4 Å². The van der Waals surface area contributed by atoms with Crippen molar-refractivity contribution >= 4 is 17.7 Å². The van der Waals surface area contributed by atoms with Crippen LogP contribution in [0, 0.1) is 0 Å². The number of unbranched alkanes of at least 4 members (excludes halogenated alkanes) is 1. The number of carbonyl (C=O) groups is 3. The van der Waals surface area contributed by atoms with E-state index >= 15 is 0 Å². The van der Waals surface area contributed by atoms with E-state index in [9.17, 15) is 14.4 Å². The highest BCUT2D eigenvalue weighted by atomic mass is 16.2. The zero-order chi connectivity index (χ0) is 18.1. The summed E-state index contributed by atoms with van der Waals surface area (Å²) in [6, 6.07) is 5.16. The summed E-state index contributed by atoms with van der Waals surface area (Å²) < 4.78 is 0. The first-order valence-corrected chi connectivity index (χ1v) is 9.00. The van der Waals surface area contributed by atoms with Crippen LogP contribution in [0.25, 0.3) is 0 Å². The topological polar surface area (TPSA) is 69.7 Å². The molecule has 3 rings (SSSR count). The van der Waals surface area contributed by atoms with Gasteiger partial charge in [-0.3, -0.25) is 19.3 Å². The van der Waals surface area contributed by atoms with Gasteiger partial charge in [0.25, 0.3) is 17.7 Å². The lowest BCUT2D eigenvalue weighted by Gasteiger charge is -2.38. The summed E-state index contributed by atoms with van der Waals surface area (Å²) in [5.41, 5.74) is 1.22. The number of hydrogen-bond donors (Lipinski definition) is 1. The molecular weight excluding hydrogens is 318 g/mol. The fourth-order valence-corrected chi connectivity index (χ4v) is 3.45. The van der Waals surface area contributed by atoms with Gasteiger partial charge in [0.1, 0.15) is 0 Å². The van der Waals surface area contributed by atoms with E-state index in [1.165, 1.54) is 4.90 Å². The zero-order valence-corrected chi connectivity index (χ0v) is 15.0. The summed E-state index contributed by atoms with van der Waals surface area (Å²) in [5.74, 6) is -0.627. The molecule has 1 saturated heterocycles. The van der Waals surface area contributed by atoms with E-state index in [0.717, 1.165) is 19.4 Å². The van der Waals surface area contributed by atoms with Gasteiger partial charge in [0.2, 0.25) is 0 Å². The first-order chi connectivity index (χ1) is 12.0. The Morgan fingerprint density at radius 2 is 1.92 bits per heavy atom. The summed E-state index contributed by atoms with van der Waals surface area (Å²) in [7, 11) is 0. The molecule has 2 aliphatic heterocycles. The second-order valence-electron chi connectivity index (χ2n) is 6.86. The summed E-state index contributed by atoms with van der Waals surface area (Å²) in [4.78, 5) is 41.0. The number of hydrogen-bond acceptors (Lipinski definition) is 4. The number of rotatable bonds is 4. The lowest BCUT2D eigenvalue weighted by molar-refractivity contribution is 0.0602. The number of amides is 3. The number of carbonyl (C=O) groups excluding carboxylic acids is 3. The van der Waals surface area contributed by atoms with Crippen molar-refractivity contribution in [2.75, 3.05) is 19.6 Å². The highest BCUT2D eigenvalue weighted by molar-refractivity contribution is 6.22. The number of fused-ring (bicyclic) bond motifs is 1. The lowest BCUT2D eigenvalue weighted by atomic mass is 10.0. The first kappa shape index (κ1) is 17.6. The van der Waals surface area contributed by atoms with Crippen LogP contribution in [-0.4, -0.2) is 59.2 Å². The number of benzene rings is 1. The minimum atomic E-state index is -0.287. The van der Waals surface area contributed by atoms with Crippen molar-refractivity contribution in [1.29, 1.82) is 0 Å². The third kappa shape index (κ3) is 3.06. The number of nitrogens with one attached hydrogen (secondary N) is 1. The van der Waals surface area contributed by atoms with Gasteiger partial charge in [0, 0.05) is 37.3 Å². The molecular formula is C19H25N3O3. The van der Waals surface area contributed by atoms with Crippen LogP contribution in [0.3, 0.4) is 0 Å². The van der Waals surface area contributed by atoms with Crippen molar-refractivity contribution in [3.05, 3.63) is 34.9 Å². The van der Waals surface area contributed by atoms with Gasteiger partial charge >= 0.3 is 0 Å². The lowest BCUT2D eigenvalue weighted by Crippen LogP contribution is -2.57. The van der Waals surface area contributed by atoms with Crippen molar-refractivity contribution in [2.45, 2.75) is 45.7 Å². The van der Waals surface area contributed by atoms with Gasteiger partial charge in [0.15, 0.2) is 0 Å². The van der Waals surface area contributed by atoms with Crippen LogP contribution in [0.4, 0.5) is 0 Å². The molecule has 2 unspecified atom stereocenters. The smallest absolute Gasteiger partial charge is 0.261 e. The molecule has 0 spiro atoms. The monoisotopic (exact) mass is 343 g/mol. The van der Waals surface area contributed by atoms with Gasteiger partial charge in [-0.25, -0.2) is 0 Å². The maximum Gasteiger partial charge on any atom is 0.261 e. The molecule has 6 nitrogen and oxygen atoms in total. The standard InChI is InChI=1S/C19H25N3O3/c1-4-5-9-22-18(24)15-7-6-14(11-16(15)19(22)25)17(23)21-10-8-20-12(2)13(21)3/h6-7,11-13,20H,4-5,8-10H2,1-3H3. The molecule has 2 aliphatic rings. The molecule has 1 fully saturated rings. The van der Waals surface area contributed by atoms with Crippen molar-refractivity contribution in [1.82, 2.24) is 15.1 Å². The quantitative estimate of drug-likeness (QED) is 0.848. The van der Waals surface area contributed by atoms with E-state index < -0.39 is 0 Å². The average molecular weight is 343 g/mol. The van der Waals surface area contributed by atoms with Gasteiger partial charge in [-0.05, 0) is 38.5 Å². The Labute approximate surface area is 148 Å². The molecule has 2 heterocycles. The Hall–Kier alpha value is -2.21. The summed E-state index contributed by atoms with van der Waals surface area (Å²) >= 11 is 0. The van der Waals surface area contributed by atoms with Crippen molar-refractivity contribution in [3.63, 3.8) is 0 Å². The van der Waals surface area contributed by atoms with Crippen LogP contribution in [0.1, 0.15) is 64.7 Å². The third-order valence-corrected chi connectivity index (χ3v) is 5.25. The van der Waals surface area contributed by atoms with Crippen LogP contribution >= 0.6 is 0 Å². The van der Waals surface area contributed by atoms with Crippen molar-refractivity contribution in [2.24, 2.45) is 0 Å². The van der Waals surface area contributed by atoms with Crippen LogP contribution in [-0.2, 0) is 0 Å². The van der Waals surface area contributed by atoms with E-state index in [0.29, 0.717) is 29.8 Å². The van der Waals surface area contributed by atoms with Crippen LogP contribution in [0.15, 0.2) is 18.2 Å². The largest absolute Gasteiger partial charge is 0.333 e. The molecule has 134 valence electrons. The Balaban J connectivity index is 1.85. The SMILES string of the molecule is CCCCN1C(=O)c2ccc(C(=O)N3CCNC(C)C3C)cc2C1=O. The predicted molar refractivity (Wildman–Crippen MR) is 94.7 cm³/mol. The number of imide groups is 1. The van der Waals surface area contributed by atoms with E-state index in [-0.39, 0.29) is 29.8 Å². The molecule has 1 aromatic carbocycles. The van der Waals surface area contributed by atoms with Crippen LogP contribution < -0.4 is 5.32 Å². The van der Waals surface area contributed by atoms with E-state index in [4.69, 9.17) is 0 Å². The summed E-state index contributed by atoms with van der Waals surface area (Å²) in [6.07, 6.45) is 1.70. The van der Waals surface area contributed by atoms with E-state index in [1.54, 1.807) is 18.2 Å². The Morgan fingerprint density at radius 3 is 2.64 bits per heavy atom. The number of nitrogens with zero attached hydrogens (tertiary/aromatic N) is 2. The molecule has 0 saturated carbocycles. The minimum absolute atomic E-state index is 0.0768. The maximum absolute atomic E-state index is 12.9. The Bertz CT molecular complexity index is 716. The predicted octanol–water partition coefficient (Wildman–Crippen LogP) is 1.91. The molecule has 2 atom stereocenters. The van der Waals surface area contributed by atoms with Crippen LogP contribution in [0.5, 0.6) is 0 Å². The molecule has 3 amide bonds. The molecule has 1 aromatic rings. The average Bonchev–Trinajstić information content (AvgIpc) is 2.85. The second kappa shape index (κ2) is 6.96. The Kier molecular flexibility index (Phi) is 4.90. The molecule has 0 aliphatic carbocycles. The van der Waals surface area contributed by atoms with Gasteiger partial charge in [-0.2, -0.15) is 0 Å². The van der Waals surface area contributed by atoms with Gasteiger partial charge in [0.05, 0.1) is 11.1 Å². The molecule has 0 radical (unpaired) electrons. The summed E-state index contributed by atoms with van der Waals surface area (Å²) in [5, 5.41) is 3.35. The number of piperazine rings is 1. The van der Waals surface area contributed by atoms with E-state index in [1.807, 2.05) is 18.7 Å². The Morgan fingerprint density at radius 1 is 1.20 bits per heavy atom. The van der Waals surface area contributed by atoms with E-state index in [2.05, 4.69) is 12.2 Å².